The summed E-state index contributed by atoms with van der Waals surface area (Å²) in [6, 6.07) is -0.107. The smallest absolute Gasteiger partial charge is 0.322 e. The lowest BCUT2D eigenvalue weighted by molar-refractivity contribution is -0.146. The number of hydrogen-bond acceptors (Lipinski definition) is 4. The van der Waals surface area contributed by atoms with Crippen molar-refractivity contribution in [1.82, 2.24) is 10.2 Å². The average molecular weight is 223 g/mol. The van der Waals surface area contributed by atoms with Gasteiger partial charge in [0.1, 0.15) is 6.04 Å². The second-order valence-corrected chi connectivity index (χ2v) is 3.34. The molecule has 1 rings (SSSR count). The highest BCUT2D eigenvalue weighted by molar-refractivity contribution is 5.85. The predicted octanol–water partition coefficient (Wildman–Crippen LogP) is 0.265. The standard InChI is InChI=1S/C9H18N2O2.ClH/c1-8(9(12)13-2)11-6-3-4-10-5-7-11;/h8,10H,3-7H2,1-2H3;1H. The second kappa shape index (κ2) is 7.04. The van der Waals surface area contributed by atoms with Crippen molar-refractivity contribution in [3.8, 4) is 0 Å². The quantitative estimate of drug-likeness (QED) is 0.681. The Hall–Kier alpha value is -0.320. The van der Waals surface area contributed by atoms with Gasteiger partial charge in [0.05, 0.1) is 7.11 Å². The van der Waals surface area contributed by atoms with Gasteiger partial charge in [0.2, 0.25) is 0 Å². The van der Waals surface area contributed by atoms with E-state index in [1.165, 1.54) is 7.11 Å². The lowest BCUT2D eigenvalue weighted by Gasteiger charge is -2.24. The summed E-state index contributed by atoms with van der Waals surface area (Å²) in [4.78, 5) is 13.4. The zero-order chi connectivity index (χ0) is 9.68. The number of carbonyl (C=O) groups is 1. The zero-order valence-corrected chi connectivity index (χ0v) is 9.60. The van der Waals surface area contributed by atoms with Gasteiger partial charge in [0.25, 0.3) is 0 Å². The van der Waals surface area contributed by atoms with Crippen LogP contribution in [0.5, 0.6) is 0 Å². The van der Waals surface area contributed by atoms with Crippen LogP contribution in [-0.2, 0) is 9.53 Å². The lowest BCUT2D eigenvalue weighted by Crippen LogP contribution is -2.41. The van der Waals surface area contributed by atoms with Gasteiger partial charge in [-0.3, -0.25) is 9.69 Å². The van der Waals surface area contributed by atoms with Crippen LogP contribution in [0.25, 0.3) is 0 Å². The van der Waals surface area contributed by atoms with Gasteiger partial charge in [0, 0.05) is 19.6 Å². The van der Waals surface area contributed by atoms with E-state index < -0.39 is 0 Å². The lowest BCUT2D eigenvalue weighted by atomic mass is 10.2. The van der Waals surface area contributed by atoms with Gasteiger partial charge in [-0.25, -0.2) is 0 Å². The third kappa shape index (κ3) is 3.82. The fraction of sp³-hybridized carbons (Fsp3) is 0.889. The van der Waals surface area contributed by atoms with E-state index in [-0.39, 0.29) is 24.4 Å². The summed E-state index contributed by atoms with van der Waals surface area (Å²) < 4.78 is 4.71. The molecule has 0 aromatic carbocycles. The van der Waals surface area contributed by atoms with Gasteiger partial charge < -0.3 is 10.1 Å². The molecule has 0 spiro atoms. The molecular formula is C9H19ClN2O2. The molecule has 0 amide bonds. The molecule has 4 nitrogen and oxygen atoms in total. The molecule has 1 aliphatic heterocycles. The first-order chi connectivity index (χ1) is 6.25. The Morgan fingerprint density at radius 2 is 2.14 bits per heavy atom. The summed E-state index contributed by atoms with van der Waals surface area (Å²) in [5.74, 6) is -0.137. The van der Waals surface area contributed by atoms with Crippen LogP contribution in [-0.4, -0.2) is 50.2 Å². The van der Waals surface area contributed by atoms with Gasteiger partial charge in [-0.1, -0.05) is 0 Å². The molecule has 0 saturated carbocycles. The highest BCUT2D eigenvalue weighted by atomic mass is 35.5. The third-order valence-corrected chi connectivity index (χ3v) is 2.46. The second-order valence-electron chi connectivity index (χ2n) is 3.34. The van der Waals surface area contributed by atoms with Crippen LogP contribution >= 0.6 is 12.4 Å². The Morgan fingerprint density at radius 3 is 2.79 bits per heavy atom. The van der Waals surface area contributed by atoms with Crippen molar-refractivity contribution in [1.29, 1.82) is 0 Å². The van der Waals surface area contributed by atoms with Gasteiger partial charge in [-0.05, 0) is 19.9 Å². The Kier molecular flexibility index (Phi) is 6.87. The number of esters is 1. The molecule has 1 N–H and O–H groups in total. The number of nitrogens with one attached hydrogen (secondary N) is 1. The summed E-state index contributed by atoms with van der Waals surface area (Å²) in [6.07, 6.45) is 1.10. The van der Waals surface area contributed by atoms with Crippen molar-refractivity contribution in [3.63, 3.8) is 0 Å². The highest BCUT2D eigenvalue weighted by Gasteiger charge is 2.21. The molecule has 1 fully saturated rings. The van der Waals surface area contributed by atoms with Crippen LogP contribution in [0.15, 0.2) is 0 Å². The largest absolute Gasteiger partial charge is 0.468 e. The van der Waals surface area contributed by atoms with E-state index in [4.69, 9.17) is 4.74 Å². The van der Waals surface area contributed by atoms with Crippen LogP contribution < -0.4 is 5.32 Å². The third-order valence-electron chi connectivity index (χ3n) is 2.46. The molecule has 0 aromatic heterocycles. The van der Waals surface area contributed by atoms with E-state index >= 15 is 0 Å². The molecule has 1 atom stereocenters. The molecule has 1 aliphatic rings. The molecule has 84 valence electrons. The normalized spacial score (nSPS) is 20.4. The fourth-order valence-electron chi connectivity index (χ4n) is 1.57. The van der Waals surface area contributed by atoms with Gasteiger partial charge in [-0.15, -0.1) is 12.4 Å². The molecule has 5 heteroatoms. The Balaban J connectivity index is 0.00000169. The van der Waals surface area contributed by atoms with E-state index in [2.05, 4.69) is 10.2 Å². The molecule has 14 heavy (non-hydrogen) atoms. The minimum absolute atomic E-state index is 0. The van der Waals surface area contributed by atoms with E-state index in [1.54, 1.807) is 0 Å². The Morgan fingerprint density at radius 1 is 1.43 bits per heavy atom. The monoisotopic (exact) mass is 222 g/mol. The summed E-state index contributed by atoms with van der Waals surface area (Å²) in [6.45, 7) is 5.81. The summed E-state index contributed by atoms with van der Waals surface area (Å²) in [5.41, 5.74) is 0. The molecule has 0 bridgehead atoms. The van der Waals surface area contributed by atoms with Crippen molar-refractivity contribution in [2.75, 3.05) is 33.3 Å². The highest BCUT2D eigenvalue weighted by Crippen LogP contribution is 2.03. The Bertz CT molecular complexity index is 170. The number of hydrogen-bond donors (Lipinski definition) is 1. The van der Waals surface area contributed by atoms with Crippen LogP contribution in [0, 0.1) is 0 Å². The van der Waals surface area contributed by atoms with E-state index in [9.17, 15) is 4.79 Å². The molecule has 0 aromatic rings. The molecule has 1 heterocycles. The van der Waals surface area contributed by atoms with Crippen LogP contribution in [0.2, 0.25) is 0 Å². The van der Waals surface area contributed by atoms with Crippen molar-refractivity contribution >= 4 is 18.4 Å². The Labute approximate surface area is 91.4 Å². The van der Waals surface area contributed by atoms with Crippen molar-refractivity contribution < 1.29 is 9.53 Å². The summed E-state index contributed by atoms with van der Waals surface area (Å²) in [7, 11) is 1.44. The van der Waals surface area contributed by atoms with Crippen molar-refractivity contribution in [3.05, 3.63) is 0 Å². The van der Waals surface area contributed by atoms with Gasteiger partial charge in [-0.2, -0.15) is 0 Å². The minimum Gasteiger partial charge on any atom is -0.468 e. The number of carbonyl (C=O) groups excluding carboxylic acids is 1. The molecule has 1 saturated heterocycles. The van der Waals surface area contributed by atoms with Crippen LogP contribution in [0.1, 0.15) is 13.3 Å². The van der Waals surface area contributed by atoms with E-state index in [0.29, 0.717) is 0 Å². The average Bonchev–Trinajstić information content (AvgIpc) is 2.43. The van der Waals surface area contributed by atoms with E-state index in [0.717, 1.165) is 32.6 Å². The fourth-order valence-corrected chi connectivity index (χ4v) is 1.57. The number of methoxy groups -OCH3 is 1. The summed E-state index contributed by atoms with van der Waals surface area (Å²) in [5, 5.41) is 3.30. The number of halogens is 1. The first-order valence-corrected chi connectivity index (χ1v) is 4.78. The van der Waals surface area contributed by atoms with Crippen molar-refractivity contribution in [2.24, 2.45) is 0 Å². The topological polar surface area (TPSA) is 41.6 Å². The molecule has 0 radical (unpaired) electrons. The zero-order valence-electron chi connectivity index (χ0n) is 8.78. The maximum atomic E-state index is 11.2. The first-order valence-electron chi connectivity index (χ1n) is 4.78. The number of nitrogens with zero attached hydrogens (tertiary/aromatic N) is 1. The van der Waals surface area contributed by atoms with E-state index in [1.807, 2.05) is 6.92 Å². The number of rotatable bonds is 2. The van der Waals surface area contributed by atoms with Crippen molar-refractivity contribution in [2.45, 2.75) is 19.4 Å². The van der Waals surface area contributed by atoms with Gasteiger partial charge >= 0.3 is 5.97 Å². The van der Waals surface area contributed by atoms with Gasteiger partial charge in [0.15, 0.2) is 0 Å². The molecular weight excluding hydrogens is 204 g/mol. The minimum atomic E-state index is -0.137. The molecule has 0 aliphatic carbocycles. The predicted molar refractivity (Wildman–Crippen MR) is 57.8 cm³/mol. The number of ether oxygens (including phenoxy) is 1. The SMILES string of the molecule is COC(=O)C(C)N1CCCNCC1.Cl. The first kappa shape index (κ1) is 13.7. The maximum Gasteiger partial charge on any atom is 0.322 e. The molecule has 1 unspecified atom stereocenters. The van der Waals surface area contributed by atoms with Crippen LogP contribution in [0.4, 0.5) is 0 Å². The summed E-state index contributed by atoms with van der Waals surface area (Å²) >= 11 is 0. The maximum absolute atomic E-state index is 11.2. The van der Waals surface area contributed by atoms with Crippen LogP contribution in [0.3, 0.4) is 0 Å².